The molecule has 0 aliphatic heterocycles. The molecule has 0 unspecified atom stereocenters. The van der Waals surface area contributed by atoms with Gasteiger partial charge in [0.15, 0.2) is 0 Å². The SMILES string of the molecule is Fc1cc(CBr)cc(OC2CCCC2)c1. The van der Waals surface area contributed by atoms with Crippen LogP contribution < -0.4 is 4.74 Å². The first-order valence-electron chi connectivity index (χ1n) is 5.30. The second-order valence-electron chi connectivity index (χ2n) is 3.95. The molecule has 1 aliphatic rings. The molecule has 2 rings (SSSR count). The van der Waals surface area contributed by atoms with Crippen molar-refractivity contribution in [2.75, 3.05) is 0 Å². The second kappa shape index (κ2) is 4.97. The van der Waals surface area contributed by atoms with Gasteiger partial charge < -0.3 is 4.74 Å². The normalized spacial score (nSPS) is 16.9. The Hall–Kier alpha value is -0.570. The van der Waals surface area contributed by atoms with Crippen LogP contribution >= 0.6 is 15.9 Å². The Morgan fingerprint density at radius 3 is 2.67 bits per heavy atom. The van der Waals surface area contributed by atoms with Crippen LogP contribution in [0.4, 0.5) is 4.39 Å². The number of hydrogen-bond acceptors (Lipinski definition) is 1. The lowest BCUT2D eigenvalue weighted by atomic mass is 10.2. The van der Waals surface area contributed by atoms with Gasteiger partial charge >= 0.3 is 0 Å². The minimum absolute atomic E-state index is 0.222. The van der Waals surface area contributed by atoms with Gasteiger partial charge in [-0.05, 0) is 43.4 Å². The van der Waals surface area contributed by atoms with Gasteiger partial charge in [0.25, 0.3) is 0 Å². The van der Waals surface area contributed by atoms with E-state index in [9.17, 15) is 4.39 Å². The molecule has 0 atom stereocenters. The predicted octanol–water partition coefficient (Wildman–Crippen LogP) is 4.04. The van der Waals surface area contributed by atoms with Crippen molar-refractivity contribution in [3.05, 3.63) is 29.6 Å². The summed E-state index contributed by atoms with van der Waals surface area (Å²) in [7, 11) is 0. The van der Waals surface area contributed by atoms with Gasteiger partial charge in [-0.1, -0.05) is 15.9 Å². The molecule has 0 N–H and O–H groups in total. The first-order valence-corrected chi connectivity index (χ1v) is 6.42. The molecule has 0 saturated heterocycles. The lowest BCUT2D eigenvalue weighted by Gasteiger charge is -2.13. The van der Waals surface area contributed by atoms with E-state index in [1.54, 1.807) is 0 Å². The third kappa shape index (κ3) is 2.94. The van der Waals surface area contributed by atoms with Gasteiger partial charge in [0, 0.05) is 11.4 Å². The average Bonchev–Trinajstić information content (AvgIpc) is 2.69. The fourth-order valence-electron chi connectivity index (χ4n) is 1.96. The van der Waals surface area contributed by atoms with Gasteiger partial charge in [0.2, 0.25) is 0 Å². The average molecular weight is 273 g/mol. The Morgan fingerprint density at radius 2 is 2.00 bits per heavy atom. The monoisotopic (exact) mass is 272 g/mol. The highest BCUT2D eigenvalue weighted by molar-refractivity contribution is 9.08. The number of halogens is 2. The lowest BCUT2D eigenvalue weighted by molar-refractivity contribution is 0.209. The van der Waals surface area contributed by atoms with E-state index in [0.717, 1.165) is 18.4 Å². The molecule has 0 amide bonds. The van der Waals surface area contributed by atoms with E-state index in [-0.39, 0.29) is 11.9 Å². The first-order chi connectivity index (χ1) is 7.28. The summed E-state index contributed by atoms with van der Waals surface area (Å²) in [5, 5.41) is 0.659. The van der Waals surface area contributed by atoms with Crippen LogP contribution in [-0.2, 0) is 5.33 Å². The Labute approximate surface area is 97.8 Å². The maximum atomic E-state index is 13.2. The third-order valence-electron chi connectivity index (χ3n) is 2.69. The molecule has 0 aromatic heterocycles. The Balaban J connectivity index is 2.09. The number of benzene rings is 1. The molecule has 0 spiro atoms. The van der Waals surface area contributed by atoms with E-state index in [4.69, 9.17) is 4.74 Å². The molecular formula is C12H14BrFO. The summed E-state index contributed by atoms with van der Waals surface area (Å²) < 4.78 is 18.9. The molecule has 0 radical (unpaired) electrons. The van der Waals surface area contributed by atoms with Crippen LogP contribution in [0.1, 0.15) is 31.2 Å². The van der Waals surface area contributed by atoms with Crippen LogP contribution in [0.15, 0.2) is 18.2 Å². The van der Waals surface area contributed by atoms with Crippen molar-refractivity contribution < 1.29 is 9.13 Å². The molecule has 1 aromatic rings. The largest absolute Gasteiger partial charge is 0.490 e. The molecule has 1 nitrogen and oxygen atoms in total. The summed E-state index contributed by atoms with van der Waals surface area (Å²) >= 11 is 3.32. The van der Waals surface area contributed by atoms with E-state index in [0.29, 0.717) is 11.1 Å². The predicted molar refractivity (Wildman–Crippen MR) is 61.9 cm³/mol. The van der Waals surface area contributed by atoms with Crippen molar-refractivity contribution in [3.8, 4) is 5.75 Å². The zero-order valence-corrected chi connectivity index (χ0v) is 10.1. The summed E-state index contributed by atoms with van der Waals surface area (Å²) in [6.45, 7) is 0. The summed E-state index contributed by atoms with van der Waals surface area (Å²) in [5.41, 5.74) is 0.919. The first kappa shape index (κ1) is 10.9. The van der Waals surface area contributed by atoms with Crippen molar-refractivity contribution in [3.63, 3.8) is 0 Å². The summed E-state index contributed by atoms with van der Waals surface area (Å²) in [6.07, 6.45) is 4.94. The number of ether oxygens (including phenoxy) is 1. The quantitative estimate of drug-likeness (QED) is 0.755. The maximum absolute atomic E-state index is 13.2. The fraction of sp³-hybridized carbons (Fsp3) is 0.500. The highest BCUT2D eigenvalue weighted by Crippen LogP contribution is 2.25. The lowest BCUT2D eigenvalue weighted by Crippen LogP contribution is -2.11. The van der Waals surface area contributed by atoms with Gasteiger partial charge in [-0.25, -0.2) is 4.39 Å². The van der Waals surface area contributed by atoms with Gasteiger partial charge in [0.1, 0.15) is 11.6 Å². The highest BCUT2D eigenvalue weighted by Gasteiger charge is 2.16. The summed E-state index contributed by atoms with van der Waals surface area (Å²) in [5.74, 6) is 0.441. The summed E-state index contributed by atoms with van der Waals surface area (Å²) in [4.78, 5) is 0. The number of alkyl halides is 1. The van der Waals surface area contributed by atoms with Gasteiger partial charge in [0.05, 0.1) is 6.10 Å². The number of hydrogen-bond donors (Lipinski definition) is 0. The highest BCUT2D eigenvalue weighted by atomic mass is 79.9. The zero-order chi connectivity index (χ0) is 10.7. The second-order valence-corrected chi connectivity index (χ2v) is 4.51. The van der Waals surface area contributed by atoms with Crippen LogP contribution in [0.25, 0.3) is 0 Å². The van der Waals surface area contributed by atoms with Crippen molar-refractivity contribution in [1.82, 2.24) is 0 Å². The van der Waals surface area contributed by atoms with Crippen molar-refractivity contribution >= 4 is 15.9 Å². The van der Waals surface area contributed by atoms with Gasteiger partial charge in [-0.2, -0.15) is 0 Å². The molecule has 0 heterocycles. The zero-order valence-electron chi connectivity index (χ0n) is 8.51. The van der Waals surface area contributed by atoms with E-state index >= 15 is 0 Å². The fourth-order valence-corrected chi connectivity index (χ4v) is 2.29. The molecule has 3 heteroatoms. The van der Waals surface area contributed by atoms with Crippen molar-refractivity contribution in [2.24, 2.45) is 0 Å². The standard InChI is InChI=1S/C12H14BrFO/c13-8-9-5-10(14)7-12(6-9)15-11-3-1-2-4-11/h5-7,11H,1-4,8H2. The van der Waals surface area contributed by atoms with Crippen molar-refractivity contribution in [1.29, 1.82) is 0 Å². The minimum Gasteiger partial charge on any atom is -0.490 e. The van der Waals surface area contributed by atoms with Gasteiger partial charge in [-0.15, -0.1) is 0 Å². The molecule has 0 bridgehead atoms. The van der Waals surface area contributed by atoms with Crippen LogP contribution in [-0.4, -0.2) is 6.10 Å². The van der Waals surface area contributed by atoms with Crippen molar-refractivity contribution in [2.45, 2.75) is 37.1 Å². The molecule has 82 valence electrons. The van der Waals surface area contributed by atoms with Crippen LogP contribution in [0, 0.1) is 5.82 Å². The Kier molecular flexibility index (Phi) is 3.62. The number of rotatable bonds is 3. The van der Waals surface area contributed by atoms with E-state index in [2.05, 4.69) is 15.9 Å². The van der Waals surface area contributed by atoms with Crippen LogP contribution in [0.3, 0.4) is 0 Å². The third-order valence-corrected chi connectivity index (χ3v) is 3.34. The van der Waals surface area contributed by atoms with E-state index in [1.807, 2.05) is 6.07 Å². The van der Waals surface area contributed by atoms with Crippen LogP contribution in [0.2, 0.25) is 0 Å². The minimum atomic E-state index is -0.222. The van der Waals surface area contributed by atoms with E-state index < -0.39 is 0 Å². The Bertz CT molecular complexity index is 334. The molecule has 1 saturated carbocycles. The molecule has 15 heavy (non-hydrogen) atoms. The molecule has 1 aliphatic carbocycles. The molecule has 1 aromatic carbocycles. The smallest absolute Gasteiger partial charge is 0.127 e. The Morgan fingerprint density at radius 1 is 1.27 bits per heavy atom. The molecular weight excluding hydrogens is 259 g/mol. The maximum Gasteiger partial charge on any atom is 0.127 e. The van der Waals surface area contributed by atoms with Crippen LogP contribution in [0.5, 0.6) is 5.75 Å². The topological polar surface area (TPSA) is 9.23 Å². The summed E-state index contributed by atoms with van der Waals surface area (Å²) in [6, 6.07) is 4.89. The molecule has 1 fully saturated rings. The van der Waals surface area contributed by atoms with Gasteiger partial charge in [-0.3, -0.25) is 0 Å². The van der Waals surface area contributed by atoms with E-state index in [1.165, 1.54) is 25.0 Å².